The van der Waals surface area contributed by atoms with E-state index in [2.05, 4.69) is 5.32 Å². The van der Waals surface area contributed by atoms with Gasteiger partial charge in [-0.1, -0.05) is 49.6 Å². The summed E-state index contributed by atoms with van der Waals surface area (Å²) in [6.07, 6.45) is 4.79. The van der Waals surface area contributed by atoms with Gasteiger partial charge in [-0.3, -0.25) is 14.4 Å². The molecule has 3 aromatic rings. The number of hydrogen-bond donors (Lipinski definition) is 2. The van der Waals surface area contributed by atoms with Crippen molar-refractivity contribution < 1.29 is 42.1 Å². The summed E-state index contributed by atoms with van der Waals surface area (Å²) < 4.78 is 53.6. The number of amides is 3. The zero-order valence-corrected chi connectivity index (χ0v) is 31.0. The first-order valence-corrected chi connectivity index (χ1v) is 18.5. The van der Waals surface area contributed by atoms with E-state index in [-0.39, 0.29) is 80.6 Å². The summed E-state index contributed by atoms with van der Waals surface area (Å²) in [7, 11) is 3.27. The van der Waals surface area contributed by atoms with Gasteiger partial charge in [0.1, 0.15) is 17.8 Å². The van der Waals surface area contributed by atoms with Gasteiger partial charge < -0.3 is 44.4 Å². The van der Waals surface area contributed by atoms with Crippen LogP contribution in [-0.4, -0.2) is 110 Å². The molecule has 2 heterocycles. The molecule has 2 aromatic carbocycles. The smallest absolute Gasteiger partial charge is 0.270 e. The van der Waals surface area contributed by atoms with Gasteiger partial charge in [-0.2, -0.15) is 4.39 Å². The van der Waals surface area contributed by atoms with Crippen LogP contribution in [0.4, 0.5) is 8.78 Å². The van der Waals surface area contributed by atoms with Gasteiger partial charge in [0.25, 0.3) is 5.91 Å². The Hall–Kier alpha value is -4.11. The third-order valence-corrected chi connectivity index (χ3v) is 10.7. The third-order valence-electron chi connectivity index (χ3n) is 10.7. The SMILES string of the molecule is CNC(C)(C(N)=O)[C@@H](C(=O)N1CCN(C(=O)c2cc3c(OCCOCCOCCOCc4ccccc4)c(F)c(F)cc3n2C)CC1)C1CCCCC1. The van der Waals surface area contributed by atoms with E-state index in [1.54, 1.807) is 30.8 Å². The number of piperazine rings is 1. The van der Waals surface area contributed by atoms with E-state index < -0.39 is 29.0 Å². The van der Waals surface area contributed by atoms with E-state index in [1.807, 2.05) is 30.3 Å². The summed E-state index contributed by atoms with van der Waals surface area (Å²) in [4.78, 5) is 43.8. The number of rotatable bonds is 18. The molecule has 2 atom stereocenters. The number of halogens is 2. The molecule has 3 N–H and O–H groups in total. The molecule has 0 bridgehead atoms. The second kappa shape index (κ2) is 18.8. The summed E-state index contributed by atoms with van der Waals surface area (Å²) in [5.41, 5.74) is 6.25. The second-order valence-electron chi connectivity index (χ2n) is 13.9. The van der Waals surface area contributed by atoms with Crippen LogP contribution in [-0.2, 0) is 37.5 Å². The van der Waals surface area contributed by atoms with Gasteiger partial charge in [0.15, 0.2) is 11.6 Å². The molecular formula is C39H53F2N5O7. The lowest BCUT2D eigenvalue weighted by atomic mass is 9.69. The average Bonchev–Trinajstić information content (AvgIpc) is 3.50. The molecule has 1 aliphatic carbocycles. The zero-order chi connectivity index (χ0) is 38.0. The van der Waals surface area contributed by atoms with E-state index in [1.165, 1.54) is 10.6 Å². The van der Waals surface area contributed by atoms with E-state index in [0.29, 0.717) is 31.9 Å². The Morgan fingerprint density at radius 3 is 2.11 bits per heavy atom. The minimum atomic E-state index is -1.21. The fourth-order valence-corrected chi connectivity index (χ4v) is 7.45. The highest BCUT2D eigenvalue weighted by Crippen LogP contribution is 2.38. The van der Waals surface area contributed by atoms with Crippen molar-refractivity contribution in [2.45, 2.75) is 51.2 Å². The van der Waals surface area contributed by atoms with E-state index >= 15 is 4.39 Å². The lowest BCUT2D eigenvalue weighted by Crippen LogP contribution is -2.64. The number of hydrogen-bond acceptors (Lipinski definition) is 8. The van der Waals surface area contributed by atoms with Crippen molar-refractivity contribution in [3.8, 4) is 5.75 Å². The molecule has 14 heteroatoms. The molecule has 53 heavy (non-hydrogen) atoms. The maximum absolute atomic E-state index is 15.0. The number of aryl methyl sites for hydroxylation is 1. The van der Waals surface area contributed by atoms with Gasteiger partial charge >= 0.3 is 0 Å². The molecule has 1 saturated heterocycles. The van der Waals surface area contributed by atoms with Crippen molar-refractivity contribution in [3.63, 3.8) is 0 Å². The number of nitrogens with zero attached hydrogens (tertiary/aromatic N) is 3. The molecule has 2 aliphatic rings. The van der Waals surface area contributed by atoms with Gasteiger partial charge in [-0.05, 0) is 44.4 Å². The molecule has 0 spiro atoms. The van der Waals surface area contributed by atoms with Crippen molar-refractivity contribution in [2.24, 2.45) is 24.6 Å². The Bertz CT molecular complexity index is 1690. The van der Waals surface area contributed by atoms with Gasteiger partial charge in [-0.15, -0.1) is 0 Å². The van der Waals surface area contributed by atoms with Crippen molar-refractivity contribution in [1.82, 2.24) is 19.7 Å². The van der Waals surface area contributed by atoms with Crippen LogP contribution in [0.2, 0.25) is 0 Å². The Kier molecular flexibility index (Phi) is 14.2. The number of primary amides is 1. The Labute approximate surface area is 309 Å². The normalized spacial score (nSPS) is 17.2. The molecule has 290 valence electrons. The second-order valence-corrected chi connectivity index (χ2v) is 13.9. The van der Waals surface area contributed by atoms with E-state index in [9.17, 15) is 18.8 Å². The topological polar surface area (TPSA) is 138 Å². The molecule has 5 rings (SSSR count). The molecule has 2 fully saturated rings. The summed E-state index contributed by atoms with van der Waals surface area (Å²) in [6, 6.07) is 12.4. The summed E-state index contributed by atoms with van der Waals surface area (Å²) in [6.45, 7) is 4.82. The maximum Gasteiger partial charge on any atom is 0.270 e. The number of nitrogens with two attached hydrogens (primary N) is 1. The first-order valence-electron chi connectivity index (χ1n) is 18.5. The Balaban J connectivity index is 1.13. The largest absolute Gasteiger partial charge is 0.487 e. The van der Waals surface area contributed by atoms with Crippen LogP contribution in [0.3, 0.4) is 0 Å². The molecule has 12 nitrogen and oxygen atoms in total. The highest BCUT2D eigenvalue weighted by Gasteiger charge is 2.49. The fourth-order valence-electron chi connectivity index (χ4n) is 7.45. The highest BCUT2D eigenvalue weighted by atomic mass is 19.2. The Morgan fingerprint density at radius 1 is 0.887 bits per heavy atom. The van der Waals surface area contributed by atoms with E-state index in [4.69, 9.17) is 24.7 Å². The number of carbonyl (C=O) groups excluding carboxylic acids is 3. The molecule has 1 saturated carbocycles. The lowest BCUT2D eigenvalue weighted by Gasteiger charge is -2.44. The van der Waals surface area contributed by atoms with Crippen LogP contribution >= 0.6 is 0 Å². The monoisotopic (exact) mass is 741 g/mol. The molecule has 3 amide bonds. The standard InChI is InChI=1S/C39H53F2N5O7/c1-39(43-2,38(42)49)33(28-12-8-5-9-13-28)37(48)46-16-14-45(15-17-46)36(47)32-24-29-31(44(32)3)25-30(40)34(41)35(29)53-23-22-51-19-18-50-20-21-52-26-27-10-6-4-7-11-27/h4,6-7,10-11,24-25,28,33,43H,5,8-9,12-23,26H2,1-3H3,(H2,42,49)/t33-,39?/m1/s1. The van der Waals surface area contributed by atoms with Crippen molar-refractivity contribution in [3.05, 3.63) is 65.4 Å². The van der Waals surface area contributed by atoms with Crippen LogP contribution in [0.15, 0.2) is 42.5 Å². The van der Waals surface area contributed by atoms with Gasteiger partial charge in [-0.25, -0.2) is 4.39 Å². The van der Waals surface area contributed by atoms with Gasteiger partial charge in [0.05, 0.1) is 51.1 Å². The zero-order valence-electron chi connectivity index (χ0n) is 31.0. The van der Waals surface area contributed by atoms with Crippen molar-refractivity contribution in [2.75, 3.05) is 72.9 Å². The van der Waals surface area contributed by atoms with E-state index in [0.717, 1.165) is 43.7 Å². The number of fused-ring (bicyclic) bond motifs is 1. The van der Waals surface area contributed by atoms with Crippen LogP contribution in [0.25, 0.3) is 10.9 Å². The first-order chi connectivity index (χ1) is 25.6. The molecule has 1 aliphatic heterocycles. The average molecular weight is 742 g/mol. The highest BCUT2D eigenvalue weighted by molar-refractivity contribution is 6.01. The van der Waals surface area contributed by atoms with Crippen LogP contribution in [0.5, 0.6) is 5.75 Å². The predicted octanol–water partition coefficient (Wildman–Crippen LogP) is 4.03. The molecule has 0 radical (unpaired) electrons. The van der Waals surface area contributed by atoms with Crippen molar-refractivity contribution in [1.29, 1.82) is 0 Å². The minimum absolute atomic E-state index is 0.0236. The van der Waals surface area contributed by atoms with Crippen LogP contribution in [0.1, 0.15) is 55.1 Å². The number of aromatic nitrogens is 1. The molecular weight excluding hydrogens is 688 g/mol. The summed E-state index contributed by atoms with van der Waals surface area (Å²) in [5, 5.41) is 3.30. The first kappa shape index (κ1) is 40.1. The molecule has 1 unspecified atom stereocenters. The van der Waals surface area contributed by atoms with Gasteiger partial charge in [0.2, 0.25) is 17.6 Å². The lowest BCUT2D eigenvalue weighted by molar-refractivity contribution is -0.147. The van der Waals surface area contributed by atoms with Crippen LogP contribution in [0, 0.1) is 23.5 Å². The summed E-state index contributed by atoms with van der Waals surface area (Å²) >= 11 is 0. The maximum atomic E-state index is 15.0. The third kappa shape index (κ3) is 9.53. The minimum Gasteiger partial charge on any atom is -0.487 e. The van der Waals surface area contributed by atoms with Crippen LogP contribution < -0.4 is 15.8 Å². The summed E-state index contributed by atoms with van der Waals surface area (Å²) in [5.74, 6) is -4.19. The van der Waals surface area contributed by atoms with Crippen molar-refractivity contribution >= 4 is 28.6 Å². The molecule has 1 aromatic heterocycles. The number of benzene rings is 2. The number of likely N-dealkylation sites (N-methyl/N-ethyl adjacent to an activating group) is 1. The number of nitrogens with one attached hydrogen (secondary N) is 1. The quantitative estimate of drug-likeness (QED) is 0.187. The Morgan fingerprint density at radius 2 is 1.49 bits per heavy atom. The predicted molar refractivity (Wildman–Crippen MR) is 195 cm³/mol. The number of ether oxygens (including phenoxy) is 4. The fraction of sp³-hybridized carbons (Fsp3) is 0.564. The number of carbonyl (C=O) groups is 3. The van der Waals surface area contributed by atoms with Gasteiger partial charge in [0, 0.05) is 44.7 Å².